The van der Waals surface area contributed by atoms with Gasteiger partial charge in [-0.25, -0.2) is 4.79 Å². The number of nitro groups is 1. The van der Waals surface area contributed by atoms with Crippen molar-refractivity contribution in [1.82, 2.24) is 4.90 Å². The zero-order valence-corrected chi connectivity index (χ0v) is 15.7. The lowest BCUT2D eigenvalue weighted by Gasteiger charge is -2.29. The summed E-state index contributed by atoms with van der Waals surface area (Å²) in [6.45, 7) is 2.55. The van der Waals surface area contributed by atoms with Crippen LogP contribution in [-0.2, 0) is 9.53 Å². The van der Waals surface area contributed by atoms with E-state index < -0.39 is 22.4 Å². The number of ketones is 1. The van der Waals surface area contributed by atoms with E-state index in [9.17, 15) is 19.7 Å². The average molecular weight is 382 g/mol. The normalized spacial score (nSPS) is 15.1. The first-order valence-electron chi connectivity index (χ1n) is 9.37. The Morgan fingerprint density at radius 3 is 2.39 bits per heavy atom. The highest BCUT2D eigenvalue weighted by atomic mass is 16.6. The second kappa shape index (κ2) is 8.65. The van der Waals surface area contributed by atoms with Gasteiger partial charge in [0.1, 0.15) is 0 Å². The lowest BCUT2D eigenvalue weighted by Crippen LogP contribution is -2.36. The van der Waals surface area contributed by atoms with E-state index in [-0.39, 0.29) is 12.3 Å². The number of nitrogens with zero attached hydrogens (tertiary/aromatic N) is 2. The molecule has 1 saturated heterocycles. The summed E-state index contributed by atoms with van der Waals surface area (Å²) in [5.41, 5.74) is -0.664. The monoisotopic (exact) mass is 382 g/mol. The van der Waals surface area contributed by atoms with Crippen LogP contribution in [0.15, 0.2) is 53.9 Å². The second-order valence-corrected chi connectivity index (χ2v) is 6.61. The molecule has 146 valence electrons. The van der Waals surface area contributed by atoms with Crippen LogP contribution in [0.2, 0.25) is 0 Å². The van der Waals surface area contributed by atoms with Crippen molar-refractivity contribution < 1.29 is 19.2 Å². The third kappa shape index (κ3) is 4.03. The molecule has 7 nitrogen and oxygen atoms in total. The van der Waals surface area contributed by atoms with Gasteiger partial charge in [-0.1, -0.05) is 36.4 Å². The molecule has 0 atom stereocenters. The average Bonchev–Trinajstić information content (AvgIpc) is 2.71. The zero-order chi connectivity index (χ0) is 20.1. The fraction of sp³-hybridized carbons (Fsp3) is 0.333. The summed E-state index contributed by atoms with van der Waals surface area (Å²) in [6, 6.07) is 12.7. The Kier molecular flexibility index (Phi) is 6.03. The third-order valence-corrected chi connectivity index (χ3v) is 4.77. The topological polar surface area (TPSA) is 89.8 Å². The molecule has 1 aliphatic rings. The number of piperidine rings is 1. The summed E-state index contributed by atoms with van der Waals surface area (Å²) in [7, 11) is 0. The highest BCUT2D eigenvalue weighted by molar-refractivity contribution is 6.13. The molecule has 0 unspecified atom stereocenters. The summed E-state index contributed by atoms with van der Waals surface area (Å²) >= 11 is 0. The number of hydrogen-bond acceptors (Lipinski definition) is 6. The van der Waals surface area contributed by atoms with Crippen molar-refractivity contribution in [3.05, 3.63) is 69.5 Å². The Morgan fingerprint density at radius 1 is 1.07 bits per heavy atom. The van der Waals surface area contributed by atoms with Crippen LogP contribution in [0.3, 0.4) is 0 Å². The minimum atomic E-state index is -1.08. The van der Waals surface area contributed by atoms with Gasteiger partial charge in [-0.2, -0.15) is 0 Å². The molecule has 0 bridgehead atoms. The highest BCUT2D eigenvalue weighted by Crippen LogP contribution is 2.25. The standard InChI is InChI=1S/C21H22N2O5/c1-2-28-21(25)19(23(26)27)18(22-12-6-3-7-13-22)20(24)17-11-10-15-8-4-5-9-16(15)14-17/h4-5,8-11,14H,2-3,6-7,12-13H2,1H3/b19-18+. The van der Waals surface area contributed by atoms with Gasteiger partial charge < -0.3 is 9.64 Å². The number of hydrogen-bond donors (Lipinski definition) is 0. The van der Waals surface area contributed by atoms with Crippen LogP contribution in [0.25, 0.3) is 10.8 Å². The molecule has 7 heteroatoms. The minimum Gasteiger partial charge on any atom is -0.458 e. The molecule has 0 spiro atoms. The predicted octanol–water partition coefficient (Wildman–Crippen LogP) is 3.56. The van der Waals surface area contributed by atoms with Crippen LogP contribution in [0.5, 0.6) is 0 Å². The van der Waals surface area contributed by atoms with Gasteiger partial charge in [-0.3, -0.25) is 14.9 Å². The van der Waals surface area contributed by atoms with Gasteiger partial charge >= 0.3 is 11.7 Å². The molecule has 0 N–H and O–H groups in total. The van der Waals surface area contributed by atoms with E-state index >= 15 is 0 Å². The fourth-order valence-corrected chi connectivity index (χ4v) is 3.44. The van der Waals surface area contributed by atoms with Crippen molar-refractivity contribution >= 4 is 22.5 Å². The number of Topliss-reactive ketones (excluding diaryl/α,β-unsaturated/α-hetero) is 1. The van der Waals surface area contributed by atoms with Crippen LogP contribution in [0.4, 0.5) is 0 Å². The third-order valence-electron chi connectivity index (χ3n) is 4.77. The van der Waals surface area contributed by atoms with Gasteiger partial charge in [-0.15, -0.1) is 0 Å². The molecule has 0 aliphatic carbocycles. The van der Waals surface area contributed by atoms with Crippen molar-refractivity contribution in [2.45, 2.75) is 26.2 Å². The number of fused-ring (bicyclic) bond motifs is 1. The number of carbonyl (C=O) groups excluding carboxylic acids is 2. The number of benzene rings is 2. The largest absolute Gasteiger partial charge is 0.458 e. The fourth-order valence-electron chi connectivity index (χ4n) is 3.44. The van der Waals surface area contributed by atoms with E-state index in [0.29, 0.717) is 18.7 Å². The zero-order valence-electron chi connectivity index (χ0n) is 15.7. The number of ether oxygens (including phenoxy) is 1. The van der Waals surface area contributed by atoms with Gasteiger partial charge in [0.15, 0.2) is 5.70 Å². The lowest BCUT2D eigenvalue weighted by molar-refractivity contribution is -0.423. The maximum atomic E-state index is 13.3. The molecule has 28 heavy (non-hydrogen) atoms. The Labute approximate surface area is 162 Å². The molecule has 0 radical (unpaired) electrons. The maximum absolute atomic E-state index is 13.3. The van der Waals surface area contributed by atoms with E-state index in [1.807, 2.05) is 24.3 Å². The van der Waals surface area contributed by atoms with Crippen LogP contribution in [0.1, 0.15) is 36.5 Å². The molecule has 2 aromatic carbocycles. The summed E-state index contributed by atoms with van der Waals surface area (Å²) < 4.78 is 4.88. The molecule has 3 rings (SSSR count). The van der Waals surface area contributed by atoms with Crippen LogP contribution < -0.4 is 0 Å². The smallest absolute Gasteiger partial charge is 0.412 e. The number of esters is 1. The summed E-state index contributed by atoms with van der Waals surface area (Å²) in [4.78, 5) is 38.2. The molecule has 1 aliphatic heterocycles. The first kappa shape index (κ1) is 19.5. The molecule has 2 aromatic rings. The molecule has 1 fully saturated rings. The summed E-state index contributed by atoms with van der Waals surface area (Å²) in [5.74, 6) is -1.62. The van der Waals surface area contributed by atoms with Crippen LogP contribution in [0, 0.1) is 10.1 Å². The van der Waals surface area contributed by atoms with Crippen LogP contribution in [-0.4, -0.2) is 41.3 Å². The van der Waals surface area contributed by atoms with E-state index in [0.717, 1.165) is 30.0 Å². The lowest BCUT2D eigenvalue weighted by atomic mass is 10.00. The van der Waals surface area contributed by atoms with Crippen molar-refractivity contribution in [2.24, 2.45) is 0 Å². The van der Waals surface area contributed by atoms with E-state index in [1.54, 1.807) is 30.0 Å². The SMILES string of the molecule is CCOC(=O)/C(=C(/C(=O)c1ccc2ccccc2c1)N1CCCCC1)[N+](=O)[O-]. The summed E-state index contributed by atoms with van der Waals surface area (Å²) in [5, 5.41) is 13.5. The number of likely N-dealkylation sites (tertiary alicyclic amines) is 1. The minimum absolute atomic E-state index is 0.00633. The number of carbonyl (C=O) groups is 2. The van der Waals surface area contributed by atoms with Crippen molar-refractivity contribution in [2.75, 3.05) is 19.7 Å². The number of allylic oxidation sites excluding steroid dienone is 1. The molecule has 0 amide bonds. The van der Waals surface area contributed by atoms with Gasteiger partial charge in [-0.05, 0) is 43.0 Å². The van der Waals surface area contributed by atoms with Gasteiger partial charge in [0.25, 0.3) is 0 Å². The van der Waals surface area contributed by atoms with Crippen LogP contribution >= 0.6 is 0 Å². The summed E-state index contributed by atoms with van der Waals surface area (Å²) in [6.07, 6.45) is 2.60. The highest BCUT2D eigenvalue weighted by Gasteiger charge is 2.37. The van der Waals surface area contributed by atoms with Gasteiger partial charge in [0, 0.05) is 18.7 Å². The maximum Gasteiger partial charge on any atom is 0.412 e. The van der Waals surface area contributed by atoms with Crippen molar-refractivity contribution in [1.29, 1.82) is 0 Å². The first-order valence-corrected chi connectivity index (χ1v) is 9.37. The van der Waals surface area contributed by atoms with Gasteiger partial charge in [0.2, 0.25) is 5.78 Å². The molecular weight excluding hydrogens is 360 g/mol. The second-order valence-electron chi connectivity index (χ2n) is 6.61. The molecule has 0 saturated carbocycles. The predicted molar refractivity (Wildman–Crippen MR) is 104 cm³/mol. The Morgan fingerprint density at radius 2 is 1.75 bits per heavy atom. The molecular formula is C21H22N2O5. The molecule has 0 aromatic heterocycles. The van der Waals surface area contributed by atoms with Gasteiger partial charge in [0.05, 0.1) is 11.5 Å². The van der Waals surface area contributed by atoms with E-state index in [4.69, 9.17) is 4.74 Å². The Hall–Kier alpha value is -3.22. The Balaban J connectivity index is 2.13. The Bertz CT molecular complexity index is 945. The van der Waals surface area contributed by atoms with E-state index in [2.05, 4.69) is 0 Å². The molecule has 1 heterocycles. The first-order chi connectivity index (χ1) is 13.5. The number of rotatable bonds is 6. The van der Waals surface area contributed by atoms with Crippen molar-refractivity contribution in [3.63, 3.8) is 0 Å². The van der Waals surface area contributed by atoms with Crippen molar-refractivity contribution in [3.8, 4) is 0 Å². The van der Waals surface area contributed by atoms with E-state index in [1.165, 1.54) is 0 Å². The quantitative estimate of drug-likeness (QED) is 0.249.